The third-order valence-electron chi connectivity index (χ3n) is 3.30. The fourth-order valence-electron chi connectivity index (χ4n) is 2.16. The second kappa shape index (κ2) is 6.89. The second-order valence-corrected chi connectivity index (χ2v) is 5.91. The number of thiophene rings is 1. The zero-order chi connectivity index (χ0) is 15.4. The average Bonchev–Trinajstić information content (AvgIpc) is 2.79. The van der Waals surface area contributed by atoms with Gasteiger partial charge >= 0.3 is 0 Å². The van der Waals surface area contributed by atoms with Crippen LogP contribution in [0.5, 0.6) is 0 Å². The second-order valence-electron chi connectivity index (χ2n) is 4.85. The molecule has 0 fully saturated rings. The number of aliphatic hydroxyl groups excluding tert-OH is 1. The molecule has 1 heterocycles. The third-order valence-corrected chi connectivity index (χ3v) is 4.46. The molecule has 0 aliphatic heterocycles. The van der Waals surface area contributed by atoms with Gasteiger partial charge in [-0.3, -0.25) is 4.79 Å². The molecule has 0 atom stereocenters. The van der Waals surface area contributed by atoms with Gasteiger partial charge in [-0.15, -0.1) is 11.3 Å². The number of fused-ring (bicyclic) bond motifs is 1. The lowest BCUT2D eigenvalue weighted by atomic mass is 10.1. The van der Waals surface area contributed by atoms with E-state index in [9.17, 15) is 4.79 Å². The molecule has 2 aromatic rings. The molecular formula is C15H20N2O3S. The van der Waals surface area contributed by atoms with Crippen LogP contribution in [-0.4, -0.2) is 49.3 Å². The van der Waals surface area contributed by atoms with Crippen molar-refractivity contribution in [3.05, 3.63) is 28.6 Å². The molecule has 0 radical (unpaired) electrons. The van der Waals surface area contributed by atoms with E-state index >= 15 is 0 Å². The van der Waals surface area contributed by atoms with Crippen molar-refractivity contribution < 1.29 is 14.6 Å². The van der Waals surface area contributed by atoms with Gasteiger partial charge in [0.1, 0.15) is 4.88 Å². The number of hydrogen-bond acceptors (Lipinski definition) is 5. The molecule has 0 aliphatic carbocycles. The number of carbonyl (C=O) groups is 1. The van der Waals surface area contributed by atoms with Crippen molar-refractivity contribution in [1.82, 2.24) is 4.90 Å². The van der Waals surface area contributed by atoms with Crippen LogP contribution < -0.4 is 5.73 Å². The molecule has 1 amide bonds. The number of amides is 1. The minimum atomic E-state index is -0.155. The van der Waals surface area contributed by atoms with E-state index in [1.807, 2.05) is 25.1 Å². The summed E-state index contributed by atoms with van der Waals surface area (Å²) in [4.78, 5) is 14.7. The maximum absolute atomic E-state index is 12.6. The molecule has 21 heavy (non-hydrogen) atoms. The smallest absolute Gasteiger partial charge is 0.266 e. The van der Waals surface area contributed by atoms with Crippen LogP contribution in [0.15, 0.2) is 18.2 Å². The highest BCUT2D eigenvalue weighted by molar-refractivity contribution is 7.21. The molecular weight excluding hydrogens is 288 g/mol. The molecule has 1 aromatic carbocycles. The molecule has 0 saturated heterocycles. The van der Waals surface area contributed by atoms with Gasteiger partial charge in [-0.25, -0.2) is 0 Å². The number of anilines is 1. The van der Waals surface area contributed by atoms with Crippen molar-refractivity contribution in [2.45, 2.75) is 6.92 Å². The van der Waals surface area contributed by atoms with Gasteiger partial charge in [0, 0.05) is 30.3 Å². The number of carbonyl (C=O) groups excluding carboxylic acids is 1. The van der Waals surface area contributed by atoms with Crippen LogP contribution in [0, 0.1) is 6.92 Å². The van der Waals surface area contributed by atoms with Gasteiger partial charge < -0.3 is 20.5 Å². The number of nitrogens with two attached hydrogens (primary N) is 1. The number of nitrogens with zero attached hydrogens (tertiary/aromatic N) is 1. The lowest BCUT2D eigenvalue weighted by Gasteiger charge is -2.20. The van der Waals surface area contributed by atoms with E-state index in [0.29, 0.717) is 23.7 Å². The maximum atomic E-state index is 12.6. The largest absolute Gasteiger partial charge is 0.397 e. The van der Waals surface area contributed by atoms with Gasteiger partial charge in [0.15, 0.2) is 0 Å². The topological polar surface area (TPSA) is 75.8 Å². The molecule has 0 bridgehead atoms. The van der Waals surface area contributed by atoms with Crippen LogP contribution in [0.3, 0.4) is 0 Å². The molecule has 114 valence electrons. The summed E-state index contributed by atoms with van der Waals surface area (Å²) in [5.41, 5.74) is 7.77. The highest BCUT2D eigenvalue weighted by Crippen LogP contribution is 2.34. The first-order valence-electron chi connectivity index (χ1n) is 6.76. The lowest BCUT2D eigenvalue weighted by molar-refractivity contribution is 0.0662. The van der Waals surface area contributed by atoms with Crippen LogP contribution in [0.1, 0.15) is 15.2 Å². The van der Waals surface area contributed by atoms with Crippen molar-refractivity contribution in [2.75, 3.05) is 39.1 Å². The average molecular weight is 308 g/mol. The Kier molecular flexibility index (Phi) is 5.17. The number of methoxy groups -OCH3 is 1. The molecule has 0 saturated carbocycles. The van der Waals surface area contributed by atoms with Crippen LogP contribution >= 0.6 is 11.3 Å². The van der Waals surface area contributed by atoms with Gasteiger partial charge in [0.05, 0.1) is 18.9 Å². The molecule has 0 spiro atoms. The zero-order valence-corrected chi connectivity index (χ0v) is 13.1. The van der Waals surface area contributed by atoms with Gasteiger partial charge in [0.2, 0.25) is 0 Å². The predicted octanol–water partition coefficient (Wildman–Crippen LogP) is 1.87. The molecule has 0 unspecified atom stereocenters. The summed E-state index contributed by atoms with van der Waals surface area (Å²) < 4.78 is 6.01. The summed E-state index contributed by atoms with van der Waals surface area (Å²) in [7, 11) is 1.58. The van der Waals surface area contributed by atoms with Crippen molar-refractivity contribution in [2.24, 2.45) is 0 Å². The number of hydrogen-bond donors (Lipinski definition) is 2. The Bertz CT molecular complexity index is 639. The molecule has 2 rings (SSSR count). The molecule has 1 aromatic heterocycles. The number of benzene rings is 1. The Balaban J connectivity index is 2.34. The normalized spacial score (nSPS) is 11.0. The van der Waals surface area contributed by atoms with Crippen molar-refractivity contribution in [1.29, 1.82) is 0 Å². The van der Waals surface area contributed by atoms with Crippen LogP contribution in [0.4, 0.5) is 5.69 Å². The first-order chi connectivity index (χ1) is 10.1. The number of aliphatic hydroxyl groups is 1. The van der Waals surface area contributed by atoms with Crippen LogP contribution in [-0.2, 0) is 4.74 Å². The van der Waals surface area contributed by atoms with E-state index in [-0.39, 0.29) is 19.1 Å². The molecule has 5 nitrogen and oxygen atoms in total. The van der Waals surface area contributed by atoms with E-state index < -0.39 is 0 Å². The van der Waals surface area contributed by atoms with Crippen LogP contribution in [0.25, 0.3) is 10.1 Å². The number of nitrogen functional groups attached to an aromatic ring is 1. The summed E-state index contributed by atoms with van der Waals surface area (Å²) in [6.45, 7) is 3.06. The molecule has 0 aliphatic rings. The van der Waals surface area contributed by atoms with Gasteiger partial charge in [-0.05, 0) is 18.6 Å². The highest BCUT2D eigenvalue weighted by Gasteiger charge is 2.21. The fourth-order valence-corrected chi connectivity index (χ4v) is 3.35. The molecule has 6 heteroatoms. The Hall–Kier alpha value is -1.63. The van der Waals surface area contributed by atoms with Crippen molar-refractivity contribution in [3.8, 4) is 0 Å². The van der Waals surface area contributed by atoms with Gasteiger partial charge in [-0.1, -0.05) is 12.1 Å². The Morgan fingerprint density at radius 2 is 2.19 bits per heavy atom. The predicted molar refractivity (Wildman–Crippen MR) is 85.8 cm³/mol. The maximum Gasteiger partial charge on any atom is 0.266 e. The highest BCUT2D eigenvalue weighted by atomic mass is 32.1. The summed E-state index contributed by atoms with van der Waals surface area (Å²) in [6, 6.07) is 5.95. The Morgan fingerprint density at radius 1 is 1.43 bits per heavy atom. The van der Waals surface area contributed by atoms with E-state index in [1.165, 1.54) is 11.3 Å². The summed E-state index contributed by atoms with van der Waals surface area (Å²) >= 11 is 1.40. The van der Waals surface area contributed by atoms with E-state index in [1.54, 1.807) is 12.0 Å². The van der Waals surface area contributed by atoms with Gasteiger partial charge in [0.25, 0.3) is 5.91 Å². The first kappa shape index (κ1) is 15.8. The SMILES string of the molecule is COCCN(CCO)C(=O)c1sc2cc(C)ccc2c1N. The summed E-state index contributed by atoms with van der Waals surface area (Å²) in [6.07, 6.45) is 0. The number of ether oxygens (including phenoxy) is 1. The minimum absolute atomic E-state index is 0.0840. The first-order valence-corrected chi connectivity index (χ1v) is 7.57. The summed E-state index contributed by atoms with van der Waals surface area (Å²) in [5, 5.41) is 10.0. The minimum Gasteiger partial charge on any atom is -0.397 e. The fraction of sp³-hybridized carbons (Fsp3) is 0.400. The Morgan fingerprint density at radius 3 is 2.86 bits per heavy atom. The quantitative estimate of drug-likeness (QED) is 0.854. The number of rotatable bonds is 6. The van der Waals surface area contributed by atoms with Gasteiger partial charge in [-0.2, -0.15) is 0 Å². The number of aryl methyl sites for hydroxylation is 1. The summed E-state index contributed by atoms with van der Waals surface area (Å²) in [5.74, 6) is -0.155. The molecule has 3 N–H and O–H groups in total. The Labute approximate surface area is 127 Å². The van der Waals surface area contributed by atoms with E-state index in [0.717, 1.165) is 15.6 Å². The zero-order valence-electron chi connectivity index (χ0n) is 12.3. The van der Waals surface area contributed by atoms with Crippen LogP contribution in [0.2, 0.25) is 0 Å². The standard InChI is InChI=1S/C15H20N2O3S/c1-10-3-4-11-12(9-10)21-14(13(11)16)15(19)17(5-7-18)6-8-20-2/h3-4,9,18H,5-8,16H2,1-2H3. The lowest BCUT2D eigenvalue weighted by Crippen LogP contribution is -2.36. The van der Waals surface area contributed by atoms with Crippen molar-refractivity contribution in [3.63, 3.8) is 0 Å². The van der Waals surface area contributed by atoms with E-state index in [2.05, 4.69) is 0 Å². The van der Waals surface area contributed by atoms with E-state index in [4.69, 9.17) is 15.6 Å². The monoisotopic (exact) mass is 308 g/mol. The van der Waals surface area contributed by atoms with Crippen molar-refractivity contribution >= 4 is 33.0 Å². The third kappa shape index (κ3) is 3.34.